The maximum atomic E-state index is 11.0. The third-order valence-corrected chi connectivity index (χ3v) is 3.12. The fraction of sp³-hybridized carbons (Fsp3) is 0.571. The third-order valence-electron chi connectivity index (χ3n) is 3.12. The Labute approximate surface area is 114 Å². The predicted octanol–water partition coefficient (Wildman–Crippen LogP) is 3.26. The monoisotopic (exact) mass is 265 g/mol. The molecule has 0 aliphatic heterocycles. The first-order chi connectivity index (χ1) is 9.08. The summed E-state index contributed by atoms with van der Waals surface area (Å²) < 4.78 is 0. The van der Waals surface area contributed by atoms with Crippen molar-refractivity contribution in [2.45, 2.75) is 32.7 Å². The van der Waals surface area contributed by atoms with Gasteiger partial charge in [-0.25, -0.2) is 0 Å². The number of hydrogen-bond acceptors (Lipinski definition) is 4. The van der Waals surface area contributed by atoms with E-state index in [1.165, 1.54) is 19.3 Å². The van der Waals surface area contributed by atoms with Crippen molar-refractivity contribution >= 4 is 11.4 Å². The highest BCUT2D eigenvalue weighted by Gasteiger charge is 2.13. The van der Waals surface area contributed by atoms with Crippen LogP contribution in [0.3, 0.4) is 0 Å². The predicted molar refractivity (Wildman–Crippen MR) is 78.5 cm³/mol. The van der Waals surface area contributed by atoms with Crippen LogP contribution in [0, 0.1) is 10.1 Å². The molecule has 0 aromatic heterocycles. The van der Waals surface area contributed by atoms with Crippen molar-refractivity contribution in [2.75, 3.05) is 26.0 Å². The van der Waals surface area contributed by atoms with E-state index < -0.39 is 0 Å². The van der Waals surface area contributed by atoms with E-state index in [0.717, 1.165) is 18.7 Å². The smallest absolute Gasteiger partial charge is 0.292 e. The minimum absolute atomic E-state index is 0.141. The molecule has 1 N–H and O–H groups in total. The summed E-state index contributed by atoms with van der Waals surface area (Å²) in [7, 11) is 3.74. The van der Waals surface area contributed by atoms with Crippen molar-refractivity contribution in [1.82, 2.24) is 4.90 Å². The Kier molecular flexibility index (Phi) is 6.29. The molecule has 19 heavy (non-hydrogen) atoms. The molecule has 1 aromatic carbocycles. The Hall–Kier alpha value is -1.62. The Morgan fingerprint density at radius 3 is 2.68 bits per heavy atom. The number of hydrogen-bond donors (Lipinski definition) is 1. The van der Waals surface area contributed by atoms with Gasteiger partial charge in [0.25, 0.3) is 5.69 Å². The lowest BCUT2D eigenvalue weighted by molar-refractivity contribution is -0.384. The highest BCUT2D eigenvalue weighted by atomic mass is 16.6. The van der Waals surface area contributed by atoms with Gasteiger partial charge in [-0.05, 0) is 31.6 Å². The minimum Gasteiger partial charge on any atom is -0.383 e. The topological polar surface area (TPSA) is 58.4 Å². The fourth-order valence-corrected chi connectivity index (χ4v) is 2.06. The van der Waals surface area contributed by atoms with Crippen LogP contribution in [0.15, 0.2) is 18.2 Å². The van der Waals surface area contributed by atoms with Gasteiger partial charge in [0, 0.05) is 19.7 Å². The molecule has 1 rings (SSSR count). The average Bonchev–Trinajstić information content (AvgIpc) is 2.39. The van der Waals surface area contributed by atoms with Gasteiger partial charge in [0.1, 0.15) is 5.69 Å². The molecular formula is C14H23N3O2. The Morgan fingerprint density at radius 2 is 2.11 bits per heavy atom. The van der Waals surface area contributed by atoms with Gasteiger partial charge in [-0.1, -0.05) is 25.8 Å². The molecule has 5 nitrogen and oxygen atoms in total. The van der Waals surface area contributed by atoms with E-state index in [-0.39, 0.29) is 10.6 Å². The molecule has 5 heteroatoms. The zero-order valence-corrected chi connectivity index (χ0v) is 12.0. The highest BCUT2D eigenvalue weighted by molar-refractivity contribution is 5.62. The van der Waals surface area contributed by atoms with Gasteiger partial charge in [-0.2, -0.15) is 0 Å². The SMILES string of the molecule is CCCCCN(C)Cc1ccc(NC)c([N+](=O)[O-])c1. The molecule has 0 unspecified atom stereocenters. The van der Waals surface area contributed by atoms with Crippen molar-refractivity contribution in [3.05, 3.63) is 33.9 Å². The zero-order chi connectivity index (χ0) is 14.3. The fourth-order valence-electron chi connectivity index (χ4n) is 2.06. The molecule has 0 aliphatic rings. The lowest BCUT2D eigenvalue weighted by Crippen LogP contribution is -2.19. The van der Waals surface area contributed by atoms with Gasteiger partial charge in [-0.3, -0.25) is 10.1 Å². The van der Waals surface area contributed by atoms with E-state index >= 15 is 0 Å². The molecule has 1 aromatic rings. The molecule has 0 heterocycles. The van der Waals surface area contributed by atoms with Crippen LogP contribution in [0.1, 0.15) is 31.7 Å². The van der Waals surface area contributed by atoms with Crippen molar-refractivity contribution in [3.8, 4) is 0 Å². The first-order valence-corrected chi connectivity index (χ1v) is 6.72. The summed E-state index contributed by atoms with van der Waals surface area (Å²) in [6.45, 7) is 3.95. The Morgan fingerprint density at radius 1 is 1.37 bits per heavy atom. The first-order valence-electron chi connectivity index (χ1n) is 6.72. The van der Waals surface area contributed by atoms with Gasteiger partial charge in [0.05, 0.1) is 4.92 Å². The van der Waals surface area contributed by atoms with E-state index in [1.54, 1.807) is 19.2 Å². The molecule has 0 radical (unpaired) electrons. The number of benzene rings is 1. The molecular weight excluding hydrogens is 242 g/mol. The van der Waals surface area contributed by atoms with Crippen LogP contribution in [-0.4, -0.2) is 30.5 Å². The second-order valence-corrected chi connectivity index (χ2v) is 4.80. The minimum atomic E-state index is -0.341. The molecule has 106 valence electrons. The van der Waals surface area contributed by atoms with Crippen LogP contribution >= 0.6 is 0 Å². The number of nitrogens with zero attached hydrogens (tertiary/aromatic N) is 2. The van der Waals surface area contributed by atoms with E-state index in [0.29, 0.717) is 5.69 Å². The zero-order valence-electron chi connectivity index (χ0n) is 12.0. The summed E-state index contributed by atoms with van der Waals surface area (Å²) in [5, 5.41) is 13.8. The van der Waals surface area contributed by atoms with Gasteiger partial charge < -0.3 is 10.2 Å². The van der Waals surface area contributed by atoms with E-state index in [4.69, 9.17) is 0 Å². The summed E-state index contributed by atoms with van der Waals surface area (Å²) in [6.07, 6.45) is 3.60. The third kappa shape index (κ3) is 4.87. The van der Waals surface area contributed by atoms with Gasteiger partial charge in [0.15, 0.2) is 0 Å². The molecule has 0 saturated heterocycles. The summed E-state index contributed by atoms with van der Waals surface area (Å²) >= 11 is 0. The van der Waals surface area contributed by atoms with Crippen molar-refractivity contribution in [1.29, 1.82) is 0 Å². The van der Waals surface area contributed by atoms with Crippen LogP contribution < -0.4 is 5.32 Å². The van der Waals surface area contributed by atoms with Crippen LogP contribution in [0.5, 0.6) is 0 Å². The summed E-state index contributed by atoms with van der Waals surface area (Å²) in [6, 6.07) is 5.37. The first kappa shape index (κ1) is 15.4. The molecule has 0 saturated carbocycles. The van der Waals surface area contributed by atoms with Gasteiger partial charge in [-0.15, -0.1) is 0 Å². The summed E-state index contributed by atoms with van der Waals surface area (Å²) in [5.41, 5.74) is 1.68. The van der Waals surface area contributed by atoms with Gasteiger partial charge >= 0.3 is 0 Å². The maximum Gasteiger partial charge on any atom is 0.292 e. The largest absolute Gasteiger partial charge is 0.383 e. The summed E-state index contributed by atoms with van der Waals surface area (Å²) in [4.78, 5) is 12.8. The Bertz CT molecular complexity index is 421. The van der Waals surface area contributed by atoms with Crippen LogP contribution in [0.2, 0.25) is 0 Å². The number of nitro groups is 1. The van der Waals surface area contributed by atoms with Crippen LogP contribution in [-0.2, 0) is 6.54 Å². The van der Waals surface area contributed by atoms with Gasteiger partial charge in [0.2, 0.25) is 0 Å². The molecule has 0 spiro atoms. The van der Waals surface area contributed by atoms with Crippen molar-refractivity contribution in [3.63, 3.8) is 0 Å². The average molecular weight is 265 g/mol. The van der Waals surface area contributed by atoms with E-state index in [2.05, 4.69) is 17.1 Å². The van der Waals surface area contributed by atoms with Crippen LogP contribution in [0.25, 0.3) is 0 Å². The van der Waals surface area contributed by atoms with Crippen molar-refractivity contribution < 1.29 is 4.92 Å². The normalized spacial score (nSPS) is 10.7. The lowest BCUT2D eigenvalue weighted by Gasteiger charge is -2.16. The highest BCUT2D eigenvalue weighted by Crippen LogP contribution is 2.25. The van der Waals surface area contributed by atoms with Crippen molar-refractivity contribution in [2.24, 2.45) is 0 Å². The maximum absolute atomic E-state index is 11.0. The quantitative estimate of drug-likeness (QED) is 0.445. The molecule has 0 fully saturated rings. The second-order valence-electron chi connectivity index (χ2n) is 4.80. The van der Waals surface area contributed by atoms with E-state index in [1.807, 2.05) is 13.1 Å². The standard InChI is InChI=1S/C14H23N3O2/c1-4-5-6-9-16(3)11-12-7-8-13(15-2)14(10-12)17(18)19/h7-8,10,15H,4-6,9,11H2,1-3H3. The molecule has 0 aliphatic carbocycles. The number of nitrogens with one attached hydrogen (secondary N) is 1. The number of nitro benzene ring substituents is 1. The number of unbranched alkanes of at least 4 members (excludes halogenated alkanes) is 2. The number of anilines is 1. The Balaban J connectivity index is 2.68. The molecule has 0 bridgehead atoms. The lowest BCUT2D eigenvalue weighted by atomic mass is 10.1. The van der Waals surface area contributed by atoms with Crippen LogP contribution in [0.4, 0.5) is 11.4 Å². The molecule has 0 amide bonds. The van der Waals surface area contributed by atoms with E-state index in [9.17, 15) is 10.1 Å². The molecule has 0 atom stereocenters. The number of rotatable bonds is 8. The second kappa shape index (κ2) is 7.74. The summed E-state index contributed by atoms with van der Waals surface area (Å²) in [5.74, 6) is 0.